The maximum absolute atomic E-state index is 12.3. The molecule has 2 aromatic rings. The zero-order valence-corrected chi connectivity index (χ0v) is 14.4. The third-order valence-corrected chi connectivity index (χ3v) is 5.58. The van der Waals surface area contributed by atoms with Crippen LogP contribution >= 0.6 is 23.2 Å². The van der Waals surface area contributed by atoms with Crippen molar-refractivity contribution in [2.24, 2.45) is 0 Å². The van der Waals surface area contributed by atoms with E-state index in [4.69, 9.17) is 23.2 Å². The molecule has 0 saturated carbocycles. The molecule has 5 nitrogen and oxygen atoms in total. The Morgan fingerprint density at radius 2 is 1.41 bits per heavy atom. The fourth-order valence-corrected chi connectivity index (χ4v) is 4.05. The third kappa shape index (κ3) is 4.13. The highest BCUT2D eigenvalue weighted by molar-refractivity contribution is 7.93. The Morgan fingerprint density at radius 3 is 1.95 bits per heavy atom. The van der Waals surface area contributed by atoms with Crippen LogP contribution in [0.25, 0.3) is 0 Å². The number of anilines is 1. The molecule has 0 atom stereocenters. The van der Waals surface area contributed by atoms with Gasteiger partial charge in [0.1, 0.15) is 0 Å². The van der Waals surface area contributed by atoms with Gasteiger partial charge in [0.15, 0.2) is 9.84 Å². The first-order valence-electron chi connectivity index (χ1n) is 5.87. The van der Waals surface area contributed by atoms with Crippen LogP contribution in [0.1, 0.15) is 0 Å². The molecule has 2 aromatic carbocycles. The van der Waals surface area contributed by atoms with Gasteiger partial charge in [-0.1, -0.05) is 29.3 Å². The molecular weight excluding hydrogens is 369 g/mol. The fourth-order valence-electron chi connectivity index (χ4n) is 1.70. The number of hydrogen-bond donors (Lipinski definition) is 1. The van der Waals surface area contributed by atoms with Gasteiger partial charge in [0.25, 0.3) is 10.0 Å². The van der Waals surface area contributed by atoms with Gasteiger partial charge in [-0.2, -0.15) is 0 Å². The fraction of sp³-hybridized carbons (Fsp3) is 0.0769. The maximum Gasteiger partial charge on any atom is 0.261 e. The number of sulfonamides is 1. The van der Waals surface area contributed by atoms with Crippen LogP contribution in [0, 0.1) is 0 Å². The van der Waals surface area contributed by atoms with Crippen LogP contribution in [-0.4, -0.2) is 23.1 Å². The smallest absolute Gasteiger partial charge is 0.261 e. The van der Waals surface area contributed by atoms with E-state index >= 15 is 0 Å². The lowest BCUT2D eigenvalue weighted by Crippen LogP contribution is -2.13. The van der Waals surface area contributed by atoms with Gasteiger partial charge in [-0.3, -0.25) is 4.72 Å². The molecule has 0 spiro atoms. The van der Waals surface area contributed by atoms with Crippen LogP contribution in [0.5, 0.6) is 0 Å². The molecule has 0 saturated heterocycles. The first-order valence-corrected chi connectivity index (χ1v) is 10.00. The summed E-state index contributed by atoms with van der Waals surface area (Å²) in [5, 5.41) is 0.546. The Labute approximate surface area is 138 Å². The molecule has 118 valence electrons. The lowest BCUT2D eigenvalue weighted by atomic mass is 10.3. The Morgan fingerprint density at radius 1 is 0.864 bits per heavy atom. The number of hydrogen-bond acceptors (Lipinski definition) is 4. The average molecular weight is 380 g/mol. The summed E-state index contributed by atoms with van der Waals surface area (Å²) < 4.78 is 49.9. The van der Waals surface area contributed by atoms with E-state index in [2.05, 4.69) is 4.72 Å². The maximum atomic E-state index is 12.3. The van der Waals surface area contributed by atoms with E-state index in [1.165, 1.54) is 36.4 Å². The van der Waals surface area contributed by atoms with Gasteiger partial charge in [0.05, 0.1) is 15.5 Å². The van der Waals surface area contributed by atoms with Crippen LogP contribution in [-0.2, 0) is 19.9 Å². The van der Waals surface area contributed by atoms with E-state index in [0.717, 1.165) is 12.3 Å². The molecule has 0 heterocycles. The number of halogens is 2. The molecule has 22 heavy (non-hydrogen) atoms. The predicted octanol–water partition coefficient (Wildman–Crippen LogP) is 3.20. The van der Waals surface area contributed by atoms with E-state index in [1.54, 1.807) is 0 Å². The molecule has 2 rings (SSSR count). The van der Waals surface area contributed by atoms with E-state index in [0.29, 0.717) is 0 Å². The van der Waals surface area contributed by atoms with E-state index < -0.39 is 19.9 Å². The monoisotopic (exact) mass is 379 g/mol. The molecular formula is C13H11Cl2NO4S2. The quantitative estimate of drug-likeness (QED) is 0.884. The molecule has 0 unspecified atom stereocenters. The van der Waals surface area contributed by atoms with Crippen LogP contribution in [0.4, 0.5) is 5.69 Å². The zero-order chi connectivity index (χ0) is 16.5. The number of benzene rings is 2. The highest BCUT2D eigenvalue weighted by Crippen LogP contribution is 2.25. The van der Waals surface area contributed by atoms with Gasteiger partial charge in [-0.05, 0) is 36.4 Å². The first kappa shape index (κ1) is 17.1. The molecule has 9 heteroatoms. The van der Waals surface area contributed by atoms with Gasteiger partial charge >= 0.3 is 0 Å². The zero-order valence-electron chi connectivity index (χ0n) is 11.2. The highest BCUT2D eigenvalue weighted by Gasteiger charge is 2.17. The van der Waals surface area contributed by atoms with Crippen LogP contribution < -0.4 is 4.72 Å². The number of nitrogens with one attached hydrogen (secondary N) is 1. The van der Waals surface area contributed by atoms with Crippen molar-refractivity contribution in [1.82, 2.24) is 0 Å². The average Bonchev–Trinajstić information content (AvgIpc) is 2.36. The Hall–Kier alpha value is -1.28. The normalized spacial score (nSPS) is 12.1. The van der Waals surface area contributed by atoms with E-state index in [9.17, 15) is 16.8 Å². The molecule has 0 aliphatic carbocycles. The second-order valence-electron chi connectivity index (χ2n) is 4.51. The number of sulfone groups is 1. The van der Waals surface area contributed by atoms with Crippen molar-refractivity contribution in [2.75, 3.05) is 11.0 Å². The Balaban J connectivity index is 2.43. The van der Waals surface area contributed by atoms with Crippen LogP contribution in [0.2, 0.25) is 10.0 Å². The number of rotatable bonds is 4. The minimum Gasteiger partial charge on any atom is -0.280 e. The van der Waals surface area contributed by atoms with E-state index in [1.807, 2.05) is 0 Å². The summed E-state index contributed by atoms with van der Waals surface area (Å²) in [6, 6.07) is 9.31. The lowest BCUT2D eigenvalue weighted by molar-refractivity contribution is 0.599. The Kier molecular flexibility index (Phi) is 4.72. The standard InChI is InChI=1S/C13H11Cl2NO4S2/c1-21(17,18)12-3-2-4-13(8-12)22(19,20)16-11-6-9(14)5-10(15)7-11/h2-8,16H,1H3. The van der Waals surface area contributed by atoms with Crippen LogP contribution in [0.15, 0.2) is 52.3 Å². The minimum atomic E-state index is -3.96. The topological polar surface area (TPSA) is 80.3 Å². The lowest BCUT2D eigenvalue weighted by Gasteiger charge is -2.10. The summed E-state index contributed by atoms with van der Waals surface area (Å²) in [5.74, 6) is 0. The molecule has 0 bridgehead atoms. The molecule has 0 aliphatic rings. The van der Waals surface area contributed by atoms with Gasteiger partial charge < -0.3 is 0 Å². The van der Waals surface area contributed by atoms with Gasteiger partial charge in [0, 0.05) is 16.3 Å². The SMILES string of the molecule is CS(=O)(=O)c1cccc(S(=O)(=O)Nc2cc(Cl)cc(Cl)c2)c1. The van der Waals surface area contributed by atoms with Crippen LogP contribution in [0.3, 0.4) is 0 Å². The van der Waals surface area contributed by atoms with Crippen molar-refractivity contribution in [3.63, 3.8) is 0 Å². The molecule has 0 amide bonds. The van der Waals surface area contributed by atoms with Gasteiger partial charge in [-0.15, -0.1) is 0 Å². The molecule has 1 N–H and O–H groups in total. The van der Waals surface area contributed by atoms with E-state index in [-0.39, 0.29) is 25.5 Å². The van der Waals surface area contributed by atoms with Crippen molar-refractivity contribution in [1.29, 1.82) is 0 Å². The summed E-state index contributed by atoms with van der Waals surface area (Å²) in [7, 11) is -7.47. The second-order valence-corrected chi connectivity index (χ2v) is 9.08. The summed E-state index contributed by atoms with van der Waals surface area (Å²) in [4.78, 5) is -0.258. The summed E-state index contributed by atoms with van der Waals surface area (Å²) in [5.41, 5.74) is 0.183. The first-order chi connectivity index (χ1) is 10.1. The minimum absolute atomic E-state index is 0.0838. The summed E-state index contributed by atoms with van der Waals surface area (Å²) in [6.45, 7) is 0. The molecule has 0 aromatic heterocycles. The second kappa shape index (κ2) is 6.08. The van der Waals surface area contributed by atoms with Crippen molar-refractivity contribution in [3.8, 4) is 0 Å². The molecule has 0 radical (unpaired) electrons. The largest absolute Gasteiger partial charge is 0.280 e. The molecule has 0 fully saturated rings. The predicted molar refractivity (Wildman–Crippen MR) is 86.8 cm³/mol. The summed E-state index contributed by atoms with van der Waals surface area (Å²) in [6.07, 6.45) is 1.00. The van der Waals surface area contributed by atoms with Crippen molar-refractivity contribution in [2.45, 2.75) is 9.79 Å². The van der Waals surface area contributed by atoms with Gasteiger partial charge in [0.2, 0.25) is 0 Å². The van der Waals surface area contributed by atoms with Gasteiger partial charge in [-0.25, -0.2) is 16.8 Å². The van der Waals surface area contributed by atoms with Crippen molar-refractivity contribution < 1.29 is 16.8 Å². The summed E-state index contributed by atoms with van der Waals surface area (Å²) >= 11 is 11.6. The van der Waals surface area contributed by atoms with Crippen molar-refractivity contribution >= 4 is 48.7 Å². The van der Waals surface area contributed by atoms with Crippen molar-refractivity contribution in [3.05, 3.63) is 52.5 Å². The Bertz CT molecular complexity index is 905. The molecule has 0 aliphatic heterocycles. The highest BCUT2D eigenvalue weighted by atomic mass is 35.5. The third-order valence-electron chi connectivity index (χ3n) is 2.66.